The van der Waals surface area contributed by atoms with Gasteiger partial charge in [0.15, 0.2) is 0 Å². The van der Waals surface area contributed by atoms with Gasteiger partial charge in [0.2, 0.25) is 5.67 Å². The number of alkyl halides is 11. The van der Waals surface area contributed by atoms with Gasteiger partial charge in [-0.25, -0.2) is 9.18 Å². The van der Waals surface area contributed by atoms with Crippen LogP contribution in [0.4, 0.5) is 48.3 Å². The van der Waals surface area contributed by atoms with Crippen molar-refractivity contribution in [2.24, 2.45) is 0 Å². The van der Waals surface area contributed by atoms with Crippen molar-refractivity contribution in [1.29, 1.82) is 0 Å². The summed E-state index contributed by atoms with van der Waals surface area (Å²) < 4.78 is 151. The Kier molecular flexibility index (Phi) is 5.17. The van der Waals surface area contributed by atoms with Crippen LogP contribution in [0, 0.1) is 0 Å². The van der Waals surface area contributed by atoms with E-state index in [4.69, 9.17) is 0 Å². The zero-order valence-corrected chi connectivity index (χ0v) is 12.8. The average molecular weight is 408 g/mol. The fraction of sp³-hybridized carbons (Fsp3) is 0.769. The number of carbonyl (C=O) groups is 1. The summed E-state index contributed by atoms with van der Waals surface area (Å²) in [4.78, 5) is 11.0. The Balaban J connectivity index is 3.25. The largest absolute Gasteiger partial charge is 0.462 e. The summed E-state index contributed by atoms with van der Waals surface area (Å²) >= 11 is 0. The number of halogens is 11. The highest BCUT2D eigenvalue weighted by Crippen LogP contribution is 2.70. The molecular formula is C13H11F11O2. The third-order valence-corrected chi connectivity index (χ3v) is 3.82. The molecule has 0 N–H and O–H groups in total. The highest BCUT2D eigenvalue weighted by atomic mass is 19.4. The quantitative estimate of drug-likeness (QED) is 0.283. The van der Waals surface area contributed by atoms with Crippen molar-refractivity contribution in [3.8, 4) is 0 Å². The molecule has 0 unspecified atom stereocenters. The Bertz CT molecular complexity index is 567. The Hall–Kier alpha value is -1.56. The molecule has 0 amide bonds. The molecule has 1 fully saturated rings. The molecule has 0 atom stereocenters. The van der Waals surface area contributed by atoms with Gasteiger partial charge in [0.1, 0.15) is 0 Å². The van der Waals surface area contributed by atoms with Crippen molar-refractivity contribution in [1.82, 2.24) is 0 Å². The lowest BCUT2D eigenvalue weighted by molar-refractivity contribution is -0.485. The molecule has 26 heavy (non-hydrogen) atoms. The van der Waals surface area contributed by atoms with Crippen molar-refractivity contribution in [3.63, 3.8) is 0 Å². The molecule has 0 aliphatic heterocycles. The van der Waals surface area contributed by atoms with Gasteiger partial charge in [-0.2, -0.15) is 43.9 Å². The number of hydrogen-bond acceptors (Lipinski definition) is 2. The molecule has 0 saturated heterocycles. The number of esters is 1. The van der Waals surface area contributed by atoms with Crippen molar-refractivity contribution in [2.45, 2.75) is 55.0 Å². The van der Waals surface area contributed by atoms with Gasteiger partial charge < -0.3 is 4.74 Å². The second-order valence-electron chi connectivity index (χ2n) is 5.69. The van der Waals surface area contributed by atoms with Crippen molar-refractivity contribution < 1.29 is 57.8 Å². The minimum atomic E-state index is -7.23. The van der Waals surface area contributed by atoms with Gasteiger partial charge in [-0.05, 0) is 19.8 Å². The van der Waals surface area contributed by atoms with Gasteiger partial charge in [-0.1, -0.05) is 6.58 Å². The van der Waals surface area contributed by atoms with Crippen LogP contribution in [0.2, 0.25) is 0 Å². The van der Waals surface area contributed by atoms with E-state index < -0.39 is 60.7 Å². The predicted octanol–water partition coefficient (Wildman–Crippen LogP) is 4.78. The van der Waals surface area contributed by atoms with Crippen LogP contribution < -0.4 is 0 Å². The molecule has 0 radical (unpaired) electrons. The van der Waals surface area contributed by atoms with Crippen LogP contribution in [-0.4, -0.2) is 47.9 Å². The molecule has 0 aromatic carbocycles. The van der Waals surface area contributed by atoms with Crippen LogP contribution in [0.1, 0.15) is 19.8 Å². The number of carbonyl (C=O) groups excluding carboxylic acids is 1. The van der Waals surface area contributed by atoms with Crippen LogP contribution in [0.5, 0.6) is 0 Å². The number of ether oxygens (including phenoxy) is 1. The summed E-state index contributed by atoms with van der Waals surface area (Å²) in [5, 5.41) is 0. The Labute approximate surface area is 139 Å². The van der Waals surface area contributed by atoms with Gasteiger partial charge in [0.05, 0.1) is 6.61 Å². The molecule has 1 rings (SSSR count). The second kappa shape index (κ2) is 5.98. The zero-order chi connectivity index (χ0) is 21.0. The minimum absolute atomic E-state index is 0.258. The summed E-state index contributed by atoms with van der Waals surface area (Å²) in [6.45, 7) is 3.06. The molecule has 1 aliphatic rings. The standard InChI is InChI=1S/C13H11F11O2/c1-6(2)7(25)26-5-3-4-8(14)9(15,16)11(19,20)13(23,24)12(21,22)10(8,17)18/h1,3-5H2,2H3. The Morgan fingerprint density at radius 3 is 1.46 bits per heavy atom. The molecule has 13 heteroatoms. The van der Waals surface area contributed by atoms with E-state index in [1.165, 1.54) is 0 Å². The maximum Gasteiger partial charge on any atom is 0.384 e. The molecule has 0 aromatic rings. The molecule has 0 heterocycles. The van der Waals surface area contributed by atoms with E-state index >= 15 is 0 Å². The normalized spacial score (nSPS) is 26.8. The van der Waals surface area contributed by atoms with Crippen LogP contribution in [0.3, 0.4) is 0 Å². The predicted molar refractivity (Wildman–Crippen MR) is 63.6 cm³/mol. The first-order valence-corrected chi connectivity index (χ1v) is 6.73. The van der Waals surface area contributed by atoms with Gasteiger partial charge in [-0.3, -0.25) is 0 Å². The molecule has 152 valence electrons. The summed E-state index contributed by atoms with van der Waals surface area (Å²) in [5.74, 6) is -36.4. The number of hydrogen-bond donors (Lipinski definition) is 0. The number of rotatable bonds is 5. The fourth-order valence-corrected chi connectivity index (χ4v) is 2.20. The van der Waals surface area contributed by atoms with Gasteiger partial charge in [-0.15, -0.1) is 0 Å². The smallest absolute Gasteiger partial charge is 0.384 e. The first-order chi connectivity index (χ1) is 11.3. The molecular weight excluding hydrogens is 397 g/mol. The lowest BCUT2D eigenvalue weighted by atomic mass is 9.70. The maximum atomic E-state index is 14.2. The van der Waals surface area contributed by atoms with Gasteiger partial charge in [0, 0.05) is 5.57 Å². The average Bonchev–Trinajstić information content (AvgIpc) is 2.48. The van der Waals surface area contributed by atoms with Crippen molar-refractivity contribution >= 4 is 5.97 Å². The SMILES string of the molecule is C=C(C)C(=O)OCCCC1(F)C(F)(F)C(F)(F)C(F)(F)C(F)(F)C1(F)F. The van der Waals surface area contributed by atoms with Crippen molar-refractivity contribution in [3.05, 3.63) is 12.2 Å². The van der Waals surface area contributed by atoms with Crippen molar-refractivity contribution in [2.75, 3.05) is 6.61 Å². The van der Waals surface area contributed by atoms with E-state index in [2.05, 4.69) is 11.3 Å². The molecule has 1 aliphatic carbocycles. The second-order valence-corrected chi connectivity index (χ2v) is 5.69. The minimum Gasteiger partial charge on any atom is -0.462 e. The van der Waals surface area contributed by atoms with E-state index in [1.54, 1.807) is 0 Å². The fourth-order valence-electron chi connectivity index (χ4n) is 2.20. The maximum absolute atomic E-state index is 14.2. The molecule has 2 nitrogen and oxygen atoms in total. The highest BCUT2D eigenvalue weighted by molar-refractivity contribution is 5.86. The summed E-state index contributed by atoms with van der Waals surface area (Å²) in [6.07, 6.45) is -3.78. The van der Waals surface area contributed by atoms with Crippen LogP contribution in [0.15, 0.2) is 12.2 Å². The van der Waals surface area contributed by atoms with E-state index in [0.717, 1.165) is 6.92 Å². The highest BCUT2D eigenvalue weighted by Gasteiger charge is 3.00. The van der Waals surface area contributed by atoms with Crippen LogP contribution in [0.25, 0.3) is 0 Å². The lowest BCUT2D eigenvalue weighted by Crippen LogP contribution is -2.83. The Morgan fingerprint density at radius 2 is 1.12 bits per heavy atom. The van der Waals surface area contributed by atoms with Gasteiger partial charge in [0.25, 0.3) is 0 Å². The topological polar surface area (TPSA) is 26.3 Å². The third kappa shape index (κ3) is 2.48. The van der Waals surface area contributed by atoms with Crippen LogP contribution >= 0.6 is 0 Å². The first-order valence-electron chi connectivity index (χ1n) is 6.73. The van der Waals surface area contributed by atoms with E-state index in [0.29, 0.717) is 0 Å². The van der Waals surface area contributed by atoms with E-state index in [1.807, 2.05) is 0 Å². The molecule has 0 bridgehead atoms. The lowest BCUT2D eigenvalue weighted by Gasteiger charge is -2.52. The van der Waals surface area contributed by atoms with Crippen LogP contribution in [-0.2, 0) is 9.53 Å². The molecule has 0 aromatic heterocycles. The van der Waals surface area contributed by atoms with E-state index in [9.17, 15) is 53.1 Å². The summed E-state index contributed by atoms with van der Waals surface area (Å²) in [6, 6.07) is 0. The summed E-state index contributed by atoms with van der Waals surface area (Å²) in [7, 11) is 0. The Morgan fingerprint density at radius 1 is 0.769 bits per heavy atom. The molecule has 0 spiro atoms. The third-order valence-electron chi connectivity index (χ3n) is 3.82. The van der Waals surface area contributed by atoms with E-state index in [-0.39, 0.29) is 5.57 Å². The monoisotopic (exact) mass is 408 g/mol. The summed E-state index contributed by atoms with van der Waals surface area (Å²) in [5.41, 5.74) is -6.30. The first kappa shape index (κ1) is 22.5. The molecule has 1 saturated carbocycles. The van der Waals surface area contributed by atoms with Gasteiger partial charge >= 0.3 is 35.6 Å². The zero-order valence-electron chi connectivity index (χ0n) is 12.8.